The summed E-state index contributed by atoms with van der Waals surface area (Å²) in [6, 6.07) is 17.7. The van der Waals surface area contributed by atoms with Crippen molar-refractivity contribution in [3.8, 4) is 11.6 Å². The topological polar surface area (TPSA) is 89.3 Å². The van der Waals surface area contributed by atoms with E-state index in [4.69, 9.17) is 8.83 Å². The molecule has 0 aliphatic carbocycles. The Kier molecular flexibility index (Phi) is 7.65. The van der Waals surface area contributed by atoms with Crippen LogP contribution in [0.5, 0.6) is 0 Å². The van der Waals surface area contributed by atoms with Gasteiger partial charge in [-0.25, -0.2) is 0 Å². The number of amides is 1. The first-order valence-electron chi connectivity index (χ1n) is 12.0. The van der Waals surface area contributed by atoms with E-state index in [-0.39, 0.29) is 17.7 Å². The summed E-state index contributed by atoms with van der Waals surface area (Å²) in [5.41, 5.74) is 1.12. The van der Waals surface area contributed by atoms with E-state index >= 15 is 0 Å². The molecule has 8 nitrogen and oxygen atoms in total. The predicted molar refractivity (Wildman–Crippen MR) is 134 cm³/mol. The van der Waals surface area contributed by atoms with Gasteiger partial charge in [0.2, 0.25) is 11.7 Å². The number of furan rings is 2. The van der Waals surface area contributed by atoms with Crippen LogP contribution in [-0.2, 0) is 11.3 Å². The molecule has 1 aliphatic rings. The second-order valence-corrected chi connectivity index (χ2v) is 9.52. The highest BCUT2D eigenvalue weighted by molar-refractivity contribution is 7.99. The summed E-state index contributed by atoms with van der Waals surface area (Å²) in [6.07, 6.45) is 6.93. The summed E-state index contributed by atoms with van der Waals surface area (Å²) in [7, 11) is 0. The van der Waals surface area contributed by atoms with E-state index in [2.05, 4.69) is 32.5 Å². The molecule has 9 heteroatoms. The molecule has 1 aliphatic heterocycles. The molecule has 1 fully saturated rings. The lowest BCUT2D eigenvalue weighted by molar-refractivity contribution is -0.118. The van der Waals surface area contributed by atoms with Gasteiger partial charge in [0.15, 0.2) is 10.9 Å². The zero-order valence-corrected chi connectivity index (χ0v) is 20.3. The molecule has 5 rings (SSSR count). The number of likely N-dealkylation sites (tertiary alicyclic amines) is 1. The number of aromatic nitrogens is 3. The largest absolute Gasteiger partial charge is 0.468 e. The van der Waals surface area contributed by atoms with Gasteiger partial charge in [0.1, 0.15) is 5.76 Å². The second-order valence-electron chi connectivity index (χ2n) is 8.58. The van der Waals surface area contributed by atoms with Gasteiger partial charge < -0.3 is 14.2 Å². The molecular weight excluding hydrogens is 462 g/mol. The number of hydrogen-bond donors (Lipinski definition) is 1. The van der Waals surface area contributed by atoms with Crippen LogP contribution in [0.4, 0.5) is 0 Å². The van der Waals surface area contributed by atoms with Crippen LogP contribution in [0.1, 0.15) is 36.6 Å². The maximum Gasteiger partial charge on any atom is 0.230 e. The molecule has 0 bridgehead atoms. The van der Waals surface area contributed by atoms with Gasteiger partial charge in [0.05, 0.1) is 30.9 Å². The number of rotatable bonds is 10. The van der Waals surface area contributed by atoms with Crippen LogP contribution < -0.4 is 5.32 Å². The van der Waals surface area contributed by atoms with E-state index in [1.165, 1.54) is 31.0 Å². The Morgan fingerprint density at radius 1 is 0.971 bits per heavy atom. The molecule has 1 atom stereocenters. The molecule has 4 heterocycles. The van der Waals surface area contributed by atoms with Gasteiger partial charge in [0, 0.05) is 6.54 Å². The third-order valence-corrected chi connectivity index (χ3v) is 7.14. The molecule has 1 unspecified atom stereocenters. The molecule has 1 saturated heterocycles. The zero-order chi connectivity index (χ0) is 23.9. The van der Waals surface area contributed by atoms with Gasteiger partial charge in [-0.2, -0.15) is 0 Å². The monoisotopic (exact) mass is 491 g/mol. The first-order chi connectivity index (χ1) is 17.3. The normalized spacial score (nSPS) is 15.2. The predicted octanol–water partition coefficient (Wildman–Crippen LogP) is 4.61. The lowest BCUT2D eigenvalue weighted by atomic mass is 10.1. The third-order valence-electron chi connectivity index (χ3n) is 6.17. The lowest BCUT2D eigenvalue weighted by Gasteiger charge is -2.33. The highest BCUT2D eigenvalue weighted by atomic mass is 32.2. The zero-order valence-electron chi connectivity index (χ0n) is 19.5. The standard InChI is InChI=1S/C26H29N5O3S/c32-24(27-17-21(22-11-7-15-33-22)30-13-5-2-6-14-30)19-35-26-29-28-25(23-12-8-16-34-23)31(26)18-20-9-3-1-4-10-20/h1,3-4,7-12,15-16,21H,2,5-6,13-14,17-19H2,(H,27,32). The summed E-state index contributed by atoms with van der Waals surface area (Å²) in [5, 5.41) is 12.5. The summed E-state index contributed by atoms with van der Waals surface area (Å²) in [5.74, 6) is 2.39. The average molecular weight is 492 g/mol. The van der Waals surface area contributed by atoms with E-state index < -0.39 is 0 Å². The highest BCUT2D eigenvalue weighted by Gasteiger charge is 2.25. The molecule has 35 heavy (non-hydrogen) atoms. The van der Waals surface area contributed by atoms with Crippen LogP contribution >= 0.6 is 11.8 Å². The summed E-state index contributed by atoms with van der Waals surface area (Å²) < 4.78 is 13.3. The van der Waals surface area contributed by atoms with E-state index in [0.29, 0.717) is 29.8 Å². The fourth-order valence-electron chi connectivity index (χ4n) is 4.40. The molecule has 1 amide bonds. The van der Waals surface area contributed by atoms with E-state index in [0.717, 1.165) is 24.4 Å². The minimum absolute atomic E-state index is 0.0441. The van der Waals surface area contributed by atoms with E-state index in [1.807, 2.05) is 47.0 Å². The van der Waals surface area contributed by atoms with Crippen molar-refractivity contribution in [2.75, 3.05) is 25.4 Å². The number of nitrogens with one attached hydrogen (secondary N) is 1. The minimum Gasteiger partial charge on any atom is -0.468 e. The number of hydrogen-bond acceptors (Lipinski definition) is 7. The van der Waals surface area contributed by atoms with Crippen LogP contribution in [0, 0.1) is 0 Å². The maximum absolute atomic E-state index is 12.8. The van der Waals surface area contributed by atoms with Crippen LogP contribution in [0.2, 0.25) is 0 Å². The highest BCUT2D eigenvalue weighted by Crippen LogP contribution is 2.27. The Bertz CT molecular complexity index is 1190. The van der Waals surface area contributed by atoms with Crippen LogP contribution in [0.15, 0.2) is 81.1 Å². The van der Waals surface area contributed by atoms with E-state index in [9.17, 15) is 4.79 Å². The van der Waals surface area contributed by atoms with Crippen molar-refractivity contribution >= 4 is 17.7 Å². The van der Waals surface area contributed by atoms with Gasteiger partial charge in [0.25, 0.3) is 0 Å². The first kappa shape index (κ1) is 23.4. The van der Waals surface area contributed by atoms with Gasteiger partial charge >= 0.3 is 0 Å². The van der Waals surface area contributed by atoms with Crippen LogP contribution in [-0.4, -0.2) is 51.0 Å². The van der Waals surface area contributed by atoms with Gasteiger partial charge in [-0.1, -0.05) is 48.5 Å². The first-order valence-corrected chi connectivity index (χ1v) is 12.9. The van der Waals surface area contributed by atoms with Crippen molar-refractivity contribution in [2.24, 2.45) is 0 Å². The Balaban J connectivity index is 1.24. The fraction of sp³-hybridized carbons (Fsp3) is 0.346. The number of nitrogens with zero attached hydrogens (tertiary/aromatic N) is 4. The number of piperidine rings is 1. The van der Waals surface area contributed by atoms with Crippen molar-refractivity contribution < 1.29 is 13.6 Å². The Labute approximate surface area is 208 Å². The van der Waals surface area contributed by atoms with Gasteiger partial charge in [-0.3, -0.25) is 14.3 Å². The Hall–Kier alpha value is -3.30. The van der Waals surface area contributed by atoms with Crippen LogP contribution in [0.3, 0.4) is 0 Å². The number of benzene rings is 1. The van der Waals surface area contributed by atoms with E-state index in [1.54, 1.807) is 12.5 Å². The van der Waals surface area contributed by atoms with Crippen molar-refractivity contribution in [3.63, 3.8) is 0 Å². The van der Waals surface area contributed by atoms with Crippen molar-refractivity contribution in [3.05, 3.63) is 78.4 Å². The van der Waals surface area contributed by atoms with Gasteiger partial charge in [-0.15, -0.1) is 10.2 Å². The maximum atomic E-state index is 12.8. The molecule has 182 valence electrons. The summed E-state index contributed by atoms with van der Waals surface area (Å²) in [4.78, 5) is 15.2. The Morgan fingerprint density at radius 3 is 2.51 bits per heavy atom. The smallest absolute Gasteiger partial charge is 0.230 e. The SMILES string of the molecule is O=C(CSc1nnc(-c2ccco2)n1Cc1ccccc1)NCC(c1ccco1)N1CCCCC1. The minimum atomic E-state index is -0.0441. The average Bonchev–Trinajstić information content (AvgIpc) is 3.67. The lowest BCUT2D eigenvalue weighted by Crippen LogP contribution is -2.40. The van der Waals surface area contributed by atoms with Gasteiger partial charge in [-0.05, 0) is 55.8 Å². The molecule has 0 saturated carbocycles. The number of thioether (sulfide) groups is 1. The number of carbonyl (C=O) groups excluding carboxylic acids is 1. The molecule has 4 aromatic rings. The molecule has 0 radical (unpaired) electrons. The van der Waals surface area contributed by atoms with Crippen molar-refractivity contribution in [1.82, 2.24) is 25.0 Å². The summed E-state index contributed by atoms with van der Waals surface area (Å²) in [6.45, 7) is 3.15. The number of carbonyl (C=O) groups is 1. The molecule has 3 aromatic heterocycles. The molecular formula is C26H29N5O3S. The molecule has 0 spiro atoms. The van der Waals surface area contributed by atoms with Crippen LogP contribution in [0.25, 0.3) is 11.6 Å². The summed E-state index contributed by atoms with van der Waals surface area (Å²) >= 11 is 1.38. The quantitative estimate of drug-likeness (QED) is 0.324. The molecule has 1 N–H and O–H groups in total. The van der Waals surface area contributed by atoms with Crippen molar-refractivity contribution in [2.45, 2.75) is 37.0 Å². The van der Waals surface area contributed by atoms with Crippen molar-refractivity contribution in [1.29, 1.82) is 0 Å². The third kappa shape index (κ3) is 5.86. The second kappa shape index (κ2) is 11.4. The fourth-order valence-corrected chi connectivity index (χ4v) is 5.17. The Morgan fingerprint density at radius 2 is 1.77 bits per heavy atom. The molecule has 1 aromatic carbocycles.